The number of phenols is 1. The van der Waals surface area contributed by atoms with Gasteiger partial charge in [-0.2, -0.15) is 0 Å². The average Bonchev–Trinajstić information content (AvgIpc) is 2.82. The number of nitrogens with zero attached hydrogens (tertiary/aromatic N) is 1. The van der Waals surface area contributed by atoms with E-state index in [1.807, 2.05) is 24.3 Å². The average molecular weight is 455 g/mol. The molecule has 1 aliphatic rings. The predicted octanol–water partition coefficient (Wildman–Crippen LogP) is 1.31. The summed E-state index contributed by atoms with van der Waals surface area (Å²) in [5.41, 5.74) is 8.44. The Morgan fingerprint density at radius 2 is 1.88 bits per heavy atom. The van der Waals surface area contributed by atoms with Gasteiger partial charge in [-0.1, -0.05) is 30.3 Å². The number of amides is 2. The molecule has 0 aromatic heterocycles. The van der Waals surface area contributed by atoms with Crippen molar-refractivity contribution in [3.63, 3.8) is 0 Å². The molecule has 1 heterocycles. The Morgan fingerprint density at radius 3 is 2.58 bits per heavy atom. The van der Waals surface area contributed by atoms with Crippen LogP contribution in [-0.2, 0) is 27.3 Å². The van der Waals surface area contributed by atoms with Crippen molar-refractivity contribution in [2.24, 2.45) is 11.7 Å². The number of fused-ring (bicyclic) bond motifs is 1. The van der Waals surface area contributed by atoms with Crippen LogP contribution in [0.3, 0.4) is 0 Å². The minimum atomic E-state index is -1.16. The number of carbonyl (C=O) groups is 3. The molecule has 1 aliphatic heterocycles. The van der Waals surface area contributed by atoms with E-state index in [4.69, 9.17) is 10.8 Å². The van der Waals surface area contributed by atoms with E-state index in [0.29, 0.717) is 32.4 Å². The number of benzene rings is 2. The van der Waals surface area contributed by atoms with Gasteiger partial charge in [0.2, 0.25) is 11.8 Å². The van der Waals surface area contributed by atoms with Gasteiger partial charge in [0.25, 0.3) is 0 Å². The molecule has 0 saturated heterocycles. The molecule has 0 radical (unpaired) electrons. The van der Waals surface area contributed by atoms with Crippen LogP contribution in [0.15, 0.2) is 48.5 Å². The van der Waals surface area contributed by atoms with Crippen LogP contribution in [0.25, 0.3) is 0 Å². The summed E-state index contributed by atoms with van der Waals surface area (Å²) >= 11 is 0. The Hall–Kier alpha value is -3.59. The number of hydrogen-bond acceptors (Lipinski definition) is 6. The maximum absolute atomic E-state index is 13.7. The van der Waals surface area contributed by atoms with E-state index < -0.39 is 24.5 Å². The lowest BCUT2D eigenvalue weighted by Crippen LogP contribution is -2.53. The molecule has 2 aromatic carbocycles. The maximum atomic E-state index is 13.7. The van der Waals surface area contributed by atoms with Gasteiger partial charge in [0.1, 0.15) is 18.3 Å². The third kappa shape index (κ3) is 6.45. The highest BCUT2D eigenvalue weighted by molar-refractivity contribution is 5.90. The van der Waals surface area contributed by atoms with Crippen LogP contribution in [0.4, 0.5) is 5.69 Å². The van der Waals surface area contributed by atoms with Crippen molar-refractivity contribution in [3.05, 3.63) is 59.7 Å². The van der Waals surface area contributed by atoms with E-state index in [1.54, 1.807) is 12.1 Å². The van der Waals surface area contributed by atoms with Crippen molar-refractivity contribution in [1.82, 2.24) is 10.2 Å². The van der Waals surface area contributed by atoms with Gasteiger partial charge in [0.05, 0.1) is 5.92 Å². The Morgan fingerprint density at radius 1 is 1.15 bits per heavy atom. The van der Waals surface area contributed by atoms with E-state index >= 15 is 0 Å². The molecule has 2 amide bonds. The molecular weight excluding hydrogens is 424 g/mol. The molecule has 0 fully saturated rings. The number of carboxylic acids is 1. The molecular formula is C24H30N4O5. The molecule has 0 saturated carbocycles. The minimum absolute atomic E-state index is 0.101. The number of nitrogens with two attached hydrogens (primary N) is 1. The van der Waals surface area contributed by atoms with Gasteiger partial charge in [-0.15, -0.1) is 0 Å². The molecule has 0 aliphatic carbocycles. The fraction of sp³-hybridized carbons (Fsp3) is 0.375. The summed E-state index contributed by atoms with van der Waals surface area (Å²) < 4.78 is 0. The zero-order chi connectivity index (χ0) is 23.8. The number of aliphatic carboxylic acids is 1. The van der Waals surface area contributed by atoms with E-state index in [-0.39, 0.29) is 24.1 Å². The molecule has 3 rings (SSSR count). The second-order valence-electron chi connectivity index (χ2n) is 8.13. The van der Waals surface area contributed by atoms with E-state index in [1.165, 1.54) is 17.0 Å². The highest BCUT2D eigenvalue weighted by Crippen LogP contribution is 2.27. The van der Waals surface area contributed by atoms with Crippen LogP contribution in [0.5, 0.6) is 5.75 Å². The largest absolute Gasteiger partial charge is 0.508 e. The summed E-state index contributed by atoms with van der Waals surface area (Å²) in [6, 6.07) is 13.4. The van der Waals surface area contributed by atoms with Crippen molar-refractivity contribution in [2.45, 2.75) is 31.8 Å². The number of carboxylic acid groups (broad SMARTS) is 1. The number of nitrogens with one attached hydrogen (secondary N) is 2. The Kier molecular flexibility index (Phi) is 8.26. The summed E-state index contributed by atoms with van der Waals surface area (Å²) in [6.45, 7) is 0.384. The first kappa shape index (κ1) is 24.1. The topological polar surface area (TPSA) is 145 Å². The van der Waals surface area contributed by atoms with Crippen molar-refractivity contribution in [2.75, 3.05) is 25.0 Å². The number of hydrogen-bond donors (Lipinski definition) is 5. The lowest BCUT2D eigenvalue weighted by atomic mass is 9.91. The summed E-state index contributed by atoms with van der Waals surface area (Å²) in [5, 5.41) is 24.3. The van der Waals surface area contributed by atoms with Crippen molar-refractivity contribution >= 4 is 23.5 Å². The van der Waals surface area contributed by atoms with Crippen LogP contribution >= 0.6 is 0 Å². The molecule has 176 valence electrons. The first-order chi connectivity index (χ1) is 15.9. The summed E-state index contributed by atoms with van der Waals surface area (Å²) in [6.07, 6.45) is 1.34. The summed E-state index contributed by atoms with van der Waals surface area (Å²) in [7, 11) is 0. The molecule has 1 unspecified atom stereocenters. The monoisotopic (exact) mass is 454 g/mol. The zero-order valence-electron chi connectivity index (χ0n) is 18.4. The Labute approximate surface area is 192 Å². The quantitative estimate of drug-likeness (QED) is 0.364. The molecule has 0 bridgehead atoms. The SMILES string of the molecule is NCCC[C@@H](C(=O)NCC(=O)O)N(Cc1ccc(O)cc1)C(=O)C1CNc2ccccc2C1. The molecule has 33 heavy (non-hydrogen) atoms. The Bertz CT molecular complexity index is 979. The predicted molar refractivity (Wildman–Crippen MR) is 124 cm³/mol. The molecule has 2 aromatic rings. The fourth-order valence-corrected chi connectivity index (χ4v) is 4.01. The van der Waals surface area contributed by atoms with Gasteiger partial charge in [-0.05, 0) is 55.1 Å². The lowest BCUT2D eigenvalue weighted by Gasteiger charge is -2.35. The van der Waals surface area contributed by atoms with Crippen LogP contribution < -0.4 is 16.4 Å². The van der Waals surface area contributed by atoms with Gasteiger partial charge >= 0.3 is 5.97 Å². The smallest absolute Gasteiger partial charge is 0.322 e. The van der Waals surface area contributed by atoms with Gasteiger partial charge in [-0.3, -0.25) is 14.4 Å². The van der Waals surface area contributed by atoms with E-state index in [9.17, 15) is 19.5 Å². The fourth-order valence-electron chi connectivity index (χ4n) is 4.01. The van der Waals surface area contributed by atoms with Crippen LogP contribution in [0.1, 0.15) is 24.0 Å². The van der Waals surface area contributed by atoms with Crippen molar-refractivity contribution in [3.8, 4) is 5.75 Å². The second kappa shape index (κ2) is 11.3. The summed E-state index contributed by atoms with van der Waals surface area (Å²) in [4.78, 5) is 39.2. The lowest BCUT2D eigenvalue weighted by molar-refractivity contribution is -0.145. The number of carbonyl (C=O) groups excluding carboxylic acids is 2. The van der Waals surface area contributed by atoms with Crippen molar-refractivity contribution in [1.29, 1.82) is 0 Å². The maximum Gasteiger partial charge on any atom is 0.322 e. The number of aromatic hydroxyl groups is 1. The molecule has 0 spiro atoms. The second-order valence-corrected chi connectivity index (χ2v) is 8.13. The minimum Gasteiger partial charge on any atom is -0.508 e. The standard InChI is InChI=1S/C24H30N4O5/c25-11-3-6-21(23(32)27-14-22(30)31)28(15-16-7-9-19(29)10-8-16)24(33)18-12-17-4-1-2-5-20(17)26-13-18/h1-2,4-5,7-10,18,21,26,29H,3,6,11-15,25H2,(H,27,32)(H,30,31)/t18?,21-/m0/s1. The van der Waals surface area contributed by atoms with Gasteiger partial charge < -0.3 is 31.5 Å². The molecule has 6 N–H and O–H groups in total. The van der Waals surface area contributed by atoms with Crippen molar-refractivity contribution < 1.29 is 24.6 Å². The van der Waals surface area contributed by atoms with Gasteiger partial charge in [0, 0.05) is 18.8 Å². The number of phenolic OH excluding ortho intramolecular Hbond substituents is 1. The van der Waals surface area contributed by atoms with Crippen LogP contribution in [-0.4, -0.2) is 58.6 Å². The van der Waals surface area contributed by atoms with Crippen LogP contribution in [0, 0.1) is 5.92 Å². The number of rotatable bonds is 10. The first-order valence-corrected chi connectivity index (χ1v) is 11.0. The first-order valence-electron chi connectivity index (χ1n) is 11.0. The van der Waals surface area contributed by atoms with Gasteiger partial charge in [0.15, 0.2) is 0 Å². The molecule has 9 heteroatoms. The van der Waals surface area contributed by atoms with E-state index in [0.717, 1.165) is 16.8 Å². The van der Waals surface area contributed by atoms with Crippen LogP contribution in [0.2, 0.25) is 0 Å². The normalized spacial score (nSPS) is 15.6. The number of para-hydroxylation sites is 1. The number of anilines is 1. The molecule has 9 nitrogen and oxygen atoms in total. The third-order valence-corrected chi connectivity index (χ3v) is 5.72. The highest BCUT2D eigenvalue weighted by atomic mass is 16.4. The molecule has 2 atom stereocenters. The highest BCUT2D eigenvalue weighted by Gasteiger charge is 2.35. The Balaban J connectivity index is 1.88. The zero-order valence-corrected chi connectivity index (χ0v) is 18.4. The van der Waals surface area contributed by atoms with Gasteiger partial charge in [-0.25, -0.2) is 0 Å². The third-order valence-electron chi connectivity index (χ3n) is 5.72. The summed E-state index contributed by atoms with van der Waals surface area (Å²) in [5.74, 6) is -2.17. The van der Waals surface area contributed by atoms with E-state index in [2.05, 4.69) is 10.6 Å².